The van der Waals surface area contributed by atoms with E-state index in [1.165, 1.54) is 0 Å². The van der Waals surface area contributed by atoms with Crippen LogP contribution < -0.4 is 9.47 Å². The molecule has 0 aliphatic rings. The summed E-state index contributed by atoms with van der Waals surface area (Å²) in [6.07, 6.45) is 0. The minimum Gasteiger partial charge on any atom is -0.492 e. The van der Waals surface area contributed by atoms with Gasteiger partial charge in [0.1, 0.15) is 24.7 Å². The Morgan fingerprint density at radius 1 is 0.750 bits per heavy atom. The number of hydrogen-bond donors (Lipinski definition) is 0. The van der Waals surface area contributed by atoms with Crippen molar-refractivity contribution in [3.63, 3.8) is 0 Å². The number of nitrogens with zero attached hydrogens (tertiary/aromatic N) is 3. The zero-order chi connectivity index (χ0) is 17.2. The first-order valence-corrected chi connectivity index (χ1v) is 7.66. The van der Waals surface area contributed by atoms with Crippen molar-refractivity contribution in [2.24, 2.45) is 0 Å². The molecule has 0 saturated carbocycles. The third kappa shape index (κ3) is 5.64. The average molecular weight is 321 g/mol. The number of ether oxygens (including phenoxy) is 2. The van der Waals surface area contributed by atoms with Crippen LogP contribution in [0, 0.1) is 22.7 Å². The Balaban J connectivity index is 1.63. The lowest BCUT2D eigenvalue weighted by Crippen LogP contribution is -2.28. The molecular formula is C19H19N3O2. The van der Waals surface area contributed by atoms with Crippen LogP contribution in [0.2, 0.25) is 0 Å². The molecule has 122 valence electrons. The van der Waals surface area contributed by atoms with Crippen LogP contribution in [0.25, 0.3) is 0 Å². The zero-order valence-corrected chi connectivity index (χ0v) is 13.6. The summed E-state index contributed by atoms with van der Waals surface area (Å²) in [5.74, 6) is 1.52. The molecule has 5 nitrogen and oxygen atoms in total. The minimum atomic E-state index is 0.569. The first kappa shape index (κ1) is 17.3. The average Bonchev–Trinajstić information content (AvgIpc) is 2.63. The normalized spacial score (nSPS) is 10.0. The summed E-state index contributed by atoms with van der Waals surface area (Å²) in [6.45, 7) is 2.69. The van der Waals surface area contributed by atoms with Crippen molar-refractivity contribution < 1.29 is 9.47 Å². The fourth-order valence-corrected chi connectivity index (χ4v) is 2.00. The Morgan fingerprint density at radius 3 is 1.46 bits per heavy atom. The number of likely N-dealkylation sites (N-methyl/N-ethyl adjacent to an activating group) is 1. The van der Waals surface area contributed by atoms with E-state index >= 15 is 0 Å². The summed E-state index contributed by atoms with van der Waals surface area (Å²) in [6, 6.07) is 18.3. The van der Waals surface area contributed by atoms with Crippen LogP contribution in [0.4, 0.5) is 0 Å². The van der Waals surface area contributed by atoms with Gasteiger partial charge in [0.25, 0.3) is 0 Å². The molecule has 0 unspecified atom stereocenters. The lowest BCUT2D eigenvalue weighted by molar-refractivity contribution is 0.202. The van der Waals surface area contributed by atoms with Crippen LogP contribution >= 0.6 is 0 Å². The molecule has 2 rings (SSSR count). The lowest BCUT2D eigenvalue weighted by atomic mass is 10.2. The molecule has 2 aromatic rings. The maximum Gasteiger partial charge on any atom is 0.119 e. The smallest absolute Gasteiger partial charge is 0.119 e. The minimum absolute atomic E-state index is 0.569. The van der Waals surface area contributed by atoms with Crippen molar-refractivity contribution in [2.45, 2.75) is 0 Å². The molecule has 0 aromatic heterocycles. The van der Waals surface area contributed by atoms with Gasteiger partial charge in [0.2, 0.25) is 0 Å². The molecule has 0 N–H and O–H groups in total. The van der Waals surface area contributed by atoms with E-state index in [9.17, 15) is 0 Å². The van der Waals surface area contributed by atoms with Gasteiger partial charge >= 0.3 is 0 Å². The lowest BCUT2D eigenvalue weighted by Gasteiger charge is -2.17. The highest BCUT2D eigenvalue weighted by Crippen LogP contribution is 2.12. The molecule has 0 heterocycles. The second-order valence-corrected chi connectivity index (χ2v) is 5.27. The van der Waals surface area contributed by atoms with Crippen molar-refractivity contribution in [1.82, 2.24) is 4.90 Å². The molecule has 2 aromatic carbocycles. The molecule has 0 fully saturated rings. The number of nitriles is 2. The summed E-state index contributed by atoms with van der Waals surface area (Å²) in [5.41, 5.74) is 1.25. The second-order valence-electron chi connectivity index (χ2n) is 5.27. The van der Waals surface area contributed by atoms with Crippen LogP contribution in [-0.2, 0) is 0 Å². The van der Waals surface area contributed by atoms with Crippen molar-refractivity contribution >= 4 is 0 Å². The van der Waals surface area contributed by atoms with Gasteiger partial charge in [0.15, 0.2) is 0 Å². The molecule has 0 atom stereocenters. The molecule has 0 bridgehead atoms. The topological polar surface area (TPSA) is 69.3 Å². The SMILES string of the molecule is CN(CCOc1ccc(C#N)cc1)CCOc1ccc(C#N)cc1. The van der Waals surface area contributed by atoms with Gasteiger partial charge in [-0.3, -0.25) is 4.90 Å². The molecule has 0 saturated heterocycles. The van der Waals surface area contributed by atoms with Gasteiger partial charge in [-0.05, 0) is 55.6 Å². The monoisotopic (exact) mass is 321 g/mol. The highest BCUT2D eigenvalue weighted by molar-refractivity contribution is 5.35. The maximum absolute atomic E-state index is 8.74. The van der Waals surface area contributed by atoms with E-state index in [0.717, 1.165) is 24.6 Å². The Labute approximate surface area is 142 Å². The van der Waals surface area contributed by atoms with Gasteiger partial charge in [-0.15, -0.1) is 0 Å². The molecule has 0 aliphatic carbocycles. The summed E-state index contributed by atoms with van der Waals surface area (Å²) in [7, 11) is 2.00. The molecule has 0 spiro atoms. The quantitative estimate of drug-likeness (QED) is 0.748. The summed E-state index contributed by atoms with van der Waals surface area (Å²) in [5, 5.41) is 17.5. The van der Waals surface area contributed by atoms with E-state index < -0.39 is 0 Å². The summed E-state index contributed by atoms with van der Waals surface area (Å²) < 4.78 is 11.3. The van der Waals surface area contributed by atoms with E-state index in [1.807, 2.05) is 7.05 Å². The van der Waals surface area contributed by atoms with Gasteiger partial charge in [-0.1, -0.05) is 0 Å². The van der Waals surface area contributed by atoms with E-state index in [-0.39, 0.29) is 0 Å². The van der Waals surface area contributed by atoms with E-state index in [1.54, 1.807) is 48.5 Å². The first-order chi connectivity index (χ1) is 11.7. The van der Waals surface area contributed by atoms with E-state index in [2.05, 4.69) is 17.0 Å². The van der Waals surface area contributed by atoms with Crippen LogP contribution in [0.1, 0.15) is 11.1 Å². The Morgan fingerprint density at radius 2 is 1.12 bits per heavy atom. The molecule has 24 heavy (non-hydrogen) atoms. The number of benzene rings is 2. The first-order valence-electron chi connectivity index (χ1n) is 7.66. The van der Waals surface area contributed by atoms with Crippen molar-refractivity contribution in [1.29, 1.82) is 10.5 Å². The molecular weight excluding hydrogens is 302 g/mol. The standard InChI is InChI=1S/C19H19N3O2/c1-22(10-12-23-18-6-2-16(14-20)3-7-18)11-13-24-19-8-4-17(15-21)5-9-19/h2-9H,10-13H2,1H3. The molecule has 0 aliphatic heterocycles. The fraction of sp³-hybridized carbons (Fsp3) is 0.263. The summed E-state index contributed by atoms with van der Waals surface area (Å²) >= 11 is 0. The van der Waals surface area contributed by atoms with Crippen molar-refractivity contribution in [3.8, 4) is 23.6 Å². The largest absolute Gasteiger partial charge is 0.492 e. The molecule has 0 radical (unpaired) electrons. The maximum atomic E-state index is 8.74. The van der Waals surface area contributed by atoms with Crippen LogP contribution in [0.3, 0.4) is 0 Å². The second kappa shape index (κ2) is 9.19. The number of hydrogen-bond acceptors (Lipinski definition) is 5. The highest BCUT2D eigenvalue weighted by atomic mass is 16.5. The van der Waals surface area contributed by atoms with Gasteiger partial charge in [-0.2, -0.15) is 10.5 Å². The van der Waals surface area contributed by atoms with Crippen LogP contribution in [0.5, 0.6) is 11.5 Å². The highest BCUT2D eigenvalue weighted by Gasteiger charge is 2.01. The van der Waals surface area contributed by atoms with E-state index in [4.69, 9.17) is 20.0 Å². The predicted molar refractivity (Wildman–Crippen MR) is 90.8 cm³/mol. The van der Waals surface area contributed by atoms with Crippen molar-refractivity contribution in [2.75, 3.05) is 33.4 Å². The van der Waals surface area contributed by atoms with Crippen molar-refractivity contribution in [3.05, 3.63) is 59.7 Å². The van der Waals surface area contributed by atoms with Gasteiger partial charge in [0, 0.05) is 13.1 Å². The Bertz CT molecular complexity index is 649. The van der Waals surface area contributed by atoms with Gasteiger partial charge < -0.3 is 9.47 Å². The number of rotatable bonds is 8. The third-order valence-corrected chi connectivity index (χ3v) is 3.45. The van der Waals surface area contributed by atoms with E-state index in [0.29, 0.717) is 24.3 Å². The molecule has 0 amide bonds. The molecule has 5 heteroatoms. The van der Waals surface area contributed by atoms with Crippen LogP contribution in [-0.4, -0.2) is 38.3 Å². The zero-order valence-electron chi connectivity index (χ0n) is 13.6. The Hall–Kier alpha value is -3.02. The summed E-state index contributed by atoms with van der Waals surface area (Å²) in [4.78, 5) is 2.12. The van der Waals surface area contributed by atoms with Gasteiger partial charge in [-0.25, -0.2) is 0 Å². The predicted octanol–water partition coefficient (Wildman–Crippen LogP) is 2.82. The fourth-order valence-electron chi connectivity index (χ4n) is 2.00. The van der Waals surface area contributed by atoms with Crippen LogP contribution in [0.15, 0.2) is 48.5 Å². The third-order valence-electron chi connectivity index (χ3n) is 3.45. The Kier molecular flexibility index (Phi) is 6.64. The van der Waals surface area contributed by atoms with Gasteiger partial charge in [0.05, 0.1) is 23.3 Å².